The predicted octanol–water partition coefficient (Wildman–Crippen LogP) is 3.43. The first kappa shape index (κ1) is 11.0. The Balaban J connectivity index is 2.24. The quantitative estimate of drug-likeness (QED) is 0.857. The molecule has 16 heavy (non-hydrogen) atoms. The summed E-state index contributed by atoms with van der Waals surface area (Å²) < 4.78 is 13.7. The van der Waals surface area contributed by atoms with Gasteiger partial charge >= 0.3 is 0 Å². The molecule has 0 aliphatic rings. The molecule has 0 fully saturated rings. The van der Waals surface area contributed by atoms with Crippen LogP contribution < -0.4 is 5.32 Å². The van der Waals surface area contributed by atoms with Gasteiger partial charge in [0.1, 0.15) is 22.6 Å². The molecule has 0 unspecified atom stereocenters. The van der Waals surface area contributed by atoms with Crippen molar-refractivity contribution in [1.82, 2.24) is 9.97 Å². The summed E-state index contributed by atoms with van der Waals surface area (Å²) in [4.78, 5) is 7.96. The molecule has 0 aliphatic heterocycles. The van der Waals surface area contributed by atoms with E-state index in [1.807, 2.05) is 0 Å². The van der Waals surface area contributed by atoms with Crippen LogP contribution in [0.5, 0.6) is 0 Å². The summed E-state index contributed by atoms with van der Waals surface area (Å²) in [6.45, 7) is 1.72. The minimum absolute atomic E-state index is 0.214. The maximum absolute atomic E-state index is 13.0. The van der Waals surface area contributed by atoms with Crippen LogP contribution in [-0.4, -0.2) is 9.97 Å². The van der Waals surface area contributed by atoms with Crippen LogP contribution in [0.4, 0.5) is 15.9 Å². The van der Waals surface area contributed by atoms with Gasteiger partial charge in [0.15, 0.2) is 0 Å². The Kier molecular flexibility index (Phi) is 3.14. The highest BCUT2D eigenvalue weighted by molar-refractivity contribution is 9.10. The number of anilines is 2. The Morgan fingerprint density at radius 2 is 2.06 bits per heavy atom. The average Bonchev–Trinajstić information content (AvgIpc) is 2.24. The zero-order chi connectivity index (χ0) is 11.5. The Morgan fingerprint density at radius 3 is 2.75 bits per heavy atom. The van der Waals surface area contributed by atoms with Crippen molar-refractivity contribution >= 4 is 27.4 Å². The summed E-state index contributed by atoms with van der Waals surface area (Å²) >= 11 is 3.25. The van der Waals surface area contributed by atoms with Crippen LogP contribution in [0.1, 0.15) is 5.56 Å². The van der Waals surface area contributed by atoms with Gasteiger partial charge in [0.2, 0.25) is 0 Å². The van der Waals surface area contributed by atoms with Gasteiger partial charge in [-0.15, -0.1) is 0 Å². The molecule has 0 spiro atoms. The summed E-state index contributed by atoms with van der Waals surface area (Å²) in [5.41, 5.74) is 1.39. The number of nitrogens with one attached hydrogen (secondary N) is 1. The molecule has 0 amide bonds. The summed E-state index contributed by atoms with van der Waals surface area (Å²) in [7, 11) is 0. The molecule has 1 aromatic heterocycles. The molecule has 0 saturated carbocycles. The summed E-state index contributed by atoms with van der Waals surface area (Å²) in [5, 5.41) is 3.06. The van der Waals surface area contributed by atoms with Gasteiger partial charge in [0, 0.05) is 11.8 Å². The van der Waals surface area contributed by atoms with Crippen LogP contribution in [0, 0.1) is 12.7 Å². The molecule has 5 heteroatoms. The number of aryl methyl sites for hydroxylation is 1. The van der Waals surface area contributed by atoms with Crippen LogP contribution in [0.25, 0.3) is 0 Å². The second-order valence-corrected chi connectivity index (χ2v) is 4.13. The molecular weight excluding hydrogens is 273 g/mol. The lowest BCUT2D eigenvalue weighted by atomic mass is 10.2. The highest BCUT2D eigenvalue weighted by Crippen LogP contribution is 2.18. The third kappa shape index (κ3) is 2.55. The largest absolute Gasteiger partial charge is 0.340 e. The monoisotopic (exact) mass is 281 g/mol. The SMILES string of the molecule is Cc1cc(Nc2cc(Br)ncn2)ccc1F. The van der Waals surface area contributed by atoms with Gasteiger partial charge in [0.25, 0.3) is 0 Å². The number of halogens is 2. The Hall–Kier alpha value is -1.49. The van der Waals surface area contributed by atoms with Crippen LogP contribution in [0.3, 0.4) is 0 Å². The van der Waals surface area contributed by atoms with Crippen LogP contribution in [0.2, 0.25) is 0 Å². The van der Waals surface area contributed by atoms with E-state index in [2.05, 4.69) is 31.2 Å². The molecule has 1 N–H and O–H groups in total. The molecule has 0 saturated heterocycles. The van der Waals surface area contributed by atoms with E-state index >= 15 is 0 Å². The Labute approximate surface area is 101 Å². The van der Waals surface area contributed by atoms with Gasteiger partial charge < -0.3 is 5.32 Å². The molecule has 2 aromatic rings. The minimum atomic E-state index is -0.214. The number of nitrogens with zero attached hydrogens (tertiary/aromatic N) is 2. The fourth-order valence-electron chi connectivity index (χ4n) is 1.27. The van der Waals surface area contributed by atoms with E-state index in [0.717, 1.165) is 5.69 Å². The summed E-state index contributed by atoms with van der Waals surface area (Å²) in [6, 6.07) is 6.57. The van der Waals surface area contributed by atoms with Crippen molar-refractivity contribution in [1.29, 1.82) is 0 Å². The van der Waals surface area contributed by atoms with Gasteiger partial charge in [-0.1, -0.05) is 0 Å². The zero-order valence-electron chi connectivity index (χ0n) is 8.54. The molecule has 0 bridgehead atoms. The van der Waals surface area contributed by atoms with Crippen LogP contribution >= 0.6 is 15.9 Å². The van der Waals surface area contributed by atoms with E-state index in [4.69, 9.17) is 0 Å². The van der Waals surface area contributed by atoms with Gasteiger partial charge in [0.05, 0.1) is 0 Å². The maximum atomic E-state index is 13.0. The Morgan fingerprint density at radius 1 is 1.25 bits per heavy atom. The standard InChI is InChI=1S/C11H9BrFN3/c1-7-4-8(2-3-9(7)13)16-11-5-10(12)14-6-15-11/h2-6H,1H3,(H,14,15,16). The first-order valence-corrected chi connectivity index (χ1v) is 5.45. The van der Waals surface area contributed by atoms with Gasteiger partial charge in [-0.3, -0.25) is 0 Å². The second-order valence-electron chi connectivity index (χ2n) is 3.31. The molecule has 0 atom stereocenters. The number of rotatable bonds is 2. The lowest BCUT2D eigenvalue weighted by Gasteiger charge is -2.06. The molecule has 0 aliphatic carbocycles. The first-order valence-electron chi connectivity index (χ1n) is 4.66. The van der Waals surface area contributed by atoms with Crippen molar-refractivity contribution in [2.45, 2.75) is 6.92 Å². The summed E-state index contributed by atoms with van der Waals surface area (Å²) in [5.74, 6) is 0.447. The lowest BCUT2D eigenvalue weighted by molar-refractivity contribution is 0.619. The highest BCUT2D eigenvalue weighted by atomic mass is 79.9. The third-order valence-corrected chi connectivity index (χ3v) is 2.50. The van der Waals surface area contributed by atoms with E-state index in [1.54, 1.807) is 25.1 Å². The van der Waals surface area contributed by atoms with E-state index < -0.39 is 0 Å². The second kappa shape index (κ2) is 4.57. The molecule has 2 rings (SSSR count). The van der Waals surface area contributed by atoms with Crippen molar-refractivity contribution in [3.63, 3.8) is 0 Å². The van der Waals surface area contributed by atoms with E-state index in [0.29, 0.717) is 16.0 Å². The van der Waals surface area contributed by atoms with Crippen molar-refractivity contribution in [3.05, 3.63) is 46.6 Å². The van der Waals surface area contributed by atoms with Gasteiger partial charge in [-0.25, -0.2) is 14.4 Å². The van der Waals surface area contributed by atoms with Crippen molar-refractivity contribution in [2.24, 2.45) is 0 Å². The molecule has 82 valence electrons. The average molecular weight is 282 g/mol. The maximum Gasteiger partial charge on any atom is 0.134 e. The molecule has 1 heterocycles. The third-order valence-electron chi connectivity index (χ3n) is 2.06. The fraction of sp³-hybridized carbons (Fsp3) is 0.0909. The van der Waals surface area contributed by atoms with E-state index in [1.165, 1.54) is 12.4 Å². The van der Waals surface area contributed by atoms with Crippen LogP contribution in [0.15, 0.2) is 35.2 Å². The predicted molar refractivity (Wildman–Crippen MR) is 64.2 cm³/mol. The van der Waals surface area contributed by atoms with Gasteiger partial charge in [-0.05, 0) is 46.6 Å². The molecule has 1 aromatic carbocycles. The number of hydrogen-bond donors (Lipinski definition) is 1. The fourth-order valence-corrected chi connectivity index (χ4v) is 1.58. The number of benzene rings is 1. The zero-order valence-corrected chi connectivity index (χ0v) is 10.1. The number of hydrogen-bond acceptors (Lipinski definition) is 3. The molecular formula is C11H9BrFN3. The van der Waals surface area contributed by atoms with Crippen molar-refractivity contribution in [3.8, 4) is 0 Å². The van der Waals surface area contributed by atoms with Gasteiger partial charge in [-0.2, -0.15) is 0 Å². The number of aromatic nitrogens is 2. The van der Waals surface area contributed by atoms with Crippen molar-refractivity contribution < 1.29 is 4.39 Å². The normalized spacial score (nSPS) is 10.2. The van der Waals surface area contributed by atoms with E-state index in [9.17, 15) is 4.39 Å². The topological polar surface area (TPSA) is 37.8 Å². The molecule has 0 radical (unpaired) electrons. The first-order chi connectivity index (χ1) is 7.65. The smallest absolute Gasteiger partial charge is 0.134 e. The van der Waals surface area contributed by atoms with Crippen LogP contribution in [-0.2, 0) is 0 Å². The van der Waals surface area contributed by atoms with E-state index in [-0.39, 0.29) is 5.82 Å². The Bertz CT molecular complexity index is 516. The molecule has 3 nitrogen and oxygen atoms in total. The lowest BCUT2D eigenvalue weighted by Crippen LogP contribution is -1.95. The van der Waals surface area contributed by atoms with Crippen molar-refractivity contribution in [2.75, 3.05) is 5.32 Å². The summed E-state index contributed by atoms with van der Waals surface area (Å²) in [6.07, 6.45) is 1.45. The highest BCUT2D eigenvalue weighted by Gasteiger charge is 2.00. The minimum Gasteiger partial charge on any atom is -0.340 e.